The lowest BCUT2D eigenvalue weighted by molar-refractivity contribution is -0.273. The molecule has 2 unspecified atom stereocenters. The fourth-order valence-electron chi connectivity index (χ4n) is 3.39. The Morgan fingerprint density at radius 2 is 1.58 bits per heavy atom. The monoisotopic (exact) mass is 565 g/mol. The van der Waals surface area contributed by atoms with Crippen molar-refractivity contribution >= 4 is 15.6 Å². The molecule has 206 valence electrons. The van der Waals surface area contributed by atoms with E-state index in [1.807, 2.05) is 4.98 Å². The highest BCUT2D eigenvalue weighted by Crippen LogP contribution is 2.61. The summed E-state index contributed by atoms with van der Waals surface area (Å²) in [5, 5.41) is 49.6. The molecule has 1 aromatic heterocycles. The van der Waals surface area contributed by atoms with E-state index >= 15 is 0 Å². The highest BCUT2D eigenvalue weighted by molar-refractivity contribution is 7.61. The van der Waals surface area contributed by atoms with Crippen molar-refractivity contribution in [3.05, 3.63) is 33.1 Å². The first-order valence-electron chi connectivity index (χ1n) is 10.1. The predicted octanol–water partition coefficient (Wildman–Crippen LogP) is -4.83. The quantitative estimate of drug-likeness (QED) is 0.127. The van der Waals surface area contributed by atoms with Gasteiger partial charge in [-0.15, -0.1) is 0 Å². The van der Waals surface area contributed by atoms with E-state index in [4.69, 9.17) is 15.2 Å². The summed E-state index contributed by atoms with van der Waals surface area (Å²) in [5.74, 6) is 0. The summed E-state index contributed by atoms with van der Waals surface area (Å²) in [5.41, 5.74) is 3.59. The molecular weight excluding hydrogens is 540 g/mol. The largest absolute Gasteiger partial charge is 0.483 e. The Kier molecular flexibility index (Phi) is 9.05. The van der Waals surface area contributed by atoms with Gasteiger partial charge in [0.25, 0.3) is 5.56 Å². The second-order valence-electron chi connectivity index (χ2n) is 7.73. The average Bonchev–Trinajstić information content (AvgIpc) is 3.06. The molecule has 36 heavy (non-hydrogen) atoms. The first kappa shape index (κ1) is 29.2. The molecule has 0 radical (unpaired) electrons. The van der Waals surface area contributed by atoms with Crippen LogP contribution in [0.5, 0.6) is 0 Å². The molecular formula is C15H25N3O16P2. The minimum Gasteiger partial charge on any atom is -0.388 e. The van der Waals surface area contributed by atoms with Gasteiger partial charge in [0.15, 0.2) is 12.5 Å². The topological polar surface area (TPSA) is 303 Å². The molecule has 10 N–H and O–H groups in total. The number of aromatic nitrogens is 2. The van der Waals surface area contributed by atoms with Crippen LogP contribution in [0.15, 0.2) is 21.9 Å². The lowest BCUT2D eigenvalue weighted by atomic mass is 9.99. The van der Waals surface area contributed by atoms with E-state index in [1.54, 1.807) is 0 Å². The average molecular weight is 565 g/mol. The summed E-state index contributed by atoms with van der Waals surface area (Å²) in [6, 6.07) is 0.935. The van der Waals surface area contributed by atoms with E-state index < -0.39 is 95.3 Å². The number of H-pyrrole nitrogens is 1. The maximum atomic E-state index is 12.2. The summed E-state index contributed by atoms with van der Waals surface area (Å²) in [6.45, 7) is -1.41. The number of hydrogen-bond acceptors (Lipinski definition) is 15. The van der Waals surface area contributed by atoms with Gasteiger partial charge in [-0.05, 0) is 0 Å². The van der Waals surface area contributed by atoms with Crippen LogP contribution in [0.25, 0.3) is 0 Å². The third-order valence-corrected chi connectivity index (χ3v) is 7.81. The van der Waals surface area contributed by atoms with Crippen molar-refractivity contribution < 1.29 is 67.3 Å². The van der Waals surface area contributed by atoms with Gasteiger partial charge in [0.1, 0.15) is 42.7 Å². The molecule has 19 nitrogen and oxygen atoms in total. The second-order valence-corrected chi connectivity index (χ2v) is 10.7. The van der Waals surface area contributed by atoms with Crippen molar-refractivity contribution in [2.75, 3.05) is 13.2 Å². The first-order valence-corrected chi connectivity index (χ1v) is 13.1. The lowest BCUT2D eigenvalue weighted by Gasteiger charge is -2.39. The van der Waals surface area contributed by atoms with Gasteiger partial charge in [-0.25, -0.2) is 13.9 Å². The van der Waals surface area contributed by atoms with Crippen LogP contribution >= 0.6 is 15.6 Å². The summed E-state index contributed by atoms with van der Waals surface area (Å²) in [6.07, 6.45) is -14.8. The van der Waals surface area contributed by atoms with Crippen LogP contribution < -0.4 is 17.0 Å². The molecule has 2 fully saturated rings. The Bertz CT molecular complexity index is 1130. The van der Waals surface area contributed by atoms with E-state index in [9.17, 15) is 54.0 Å². The normalized spacial score (nSPS) is 38.4. The van der Waals surface area contributed by atoms with Gasteiger partial charge in [-0.1, -0.05) is 0 Å². The third-order valence-electron chi connectivity index (χ3n) is 5.21. The number of phosphoric acid groups is 2. The molecule has 0 amide bonds. The molecule has 2 saturated heterocycles. The van der Waals surface area contributed by atoms with Gasteiger partial charge >= 0.3 is 21.3 Å². The van der Waals surface area contributed by atoms with Crippen molar-refractivity contribution in [3.63, 3.8) is 0 Å². The van der Waals surface area contributed by atoms with Gasteiger partial charge in [-0.3, -0.25) is 23.4 Å². The standard InChI is InChI=1S/C15H25N3O16P2/c16-3-5-8(20)10(22)12(24)14(32-5)33-36(28,29)34-35(26,27)30-4-6-9(21)11(23)13(31-6)18-2-1-7(19)17-15(18)25/h1-2,5-6,8-14,20-24H,3-4,16H2,(H,26,27)(H,28,29)(H,17,19,25)/t5-,6-,8+,9-,10+,11-,12-,13-,14-/m1/s1. The number of aliphatic hydroxyl groups excluding tert-OH is 5. The minimum absolute atomic E-state index is 0.398. The van der Waals surface area contributed by atoms with Gasteiger partial charge in [0.2, 0.25) is 0 Å². The first-order chi connectivity index (χ1) is 16.7. The van der Waals surface area contributed by atoms with Crippen LogP contribution in [0.2, 0.25) is 0 Å². The zero-order valence-electron chi connectivity index (χ0n) is 18.0. The number of nitrogens with zero attached hydrogens (tertiary/aromatic N) is 1. The van der Waals surface area contributed by atoms with Crippen molar-refractivity contribution in [2.45, 2.75) is 55.2 Å². The maximum absolute atomic E-state index is 12.2. The molecule has 0 aliphatic carbocycles. The number of aromatic amines is 1. The van der Waals surface area contributed by atoms with Crippen LogP contribution in [0.3, 0.4) is 0 Å². The molecule has 1 aromatic rings. The number of aliphatic hydroxyl groups is 5. The summed E-state index contributed by atoms with van der Waals surface area (Å²) >= 11 is 0. The summed E-state index contributed by atoms with van der Waals surface area (Å²) in [4.78, 5) is 44.6. The molecule has 2 aliphatic heterocycles. The van der Waals surface area contributed by atoms with Crippen molar-refractivity contribution in [1.82, 2.24) is 9.55 Å². The Balaban J connectivity index is 1.61. The zero-order chi connectivity index (χ0) is 27.0. The van der Waals surface area contributed by atoms with Gasteiger partial charge in [0, 0.05) is 18.8 Å². The fourth-order valence-corrected chi connectivity index (χ4v) is 5.55. The fraction of sp³-hybridized carbons (Fsp3) is 0.733. The molecule has 0 aromatic carbocycles. The third kappa shape index (κ3) is 6.54. The van der Waals surface area contributed by atoms with E-state index in [-0.39, 0.29) is 0 Å². The number of hydrogen-bond donors (Lipinski definition) is 9. The van der Waals surface area contributed by atoms with Crippen molar-refractivity contribution in [1.29, 1.82) is 0 Å². The molecule has 11 atom stereocenters. The van der Waals surface area contributed by atoms with Crippen LogP contribution in [-0.2, 0) is 32.0 Å². The second kappa shape index (κ2) is 11.2. The molecule has 0 spiro atoms. The number of nitrogens with two attached hydrogens (primary N) is 1. The Labute approximate surface area is 200 Å². The molecule has 0 saturated carbocycles. The number of phosphoric ester groups is 2. The number of rotatable bonds is 9. The highest BCUT2D eigenvalue weighted by atomic mass is 31.3. The number of ether oxygens (including phenoxy) is 2. The summed E-state index contributed by atoms with van der Waals surface area (Å²) < 4.78 is 48.4. The molecule has 3 rings (SSSR count). The van der Waals surface area contributed by atoms with Crippen LogP contribution in [-0.4, -0.2) is 107 Å². The Hall–Kier alpha value is -1.38. The Morgan fingerprint density at radius 3 is 2.19 bits per heavy atom. The summed E-state index contributed by atoms with van der Waals surface area (Å²) in [7, 11) is -11.0. The zero-order valence-corrected chi connectivity index (χ0v) is 19.8. The van der Waals surface area contributed by atoms with E-state index in [0.717, 1.165) is 16.8 Å². The van der Waals surface area contributed by atoms with Crippen LogP contribution in [0.4, 0.5) is 0 Å². The van der Waals surface area contributed by atoms with Gasteiger partial charge in [0.05, 0.1) is 6.61 Å². The number of nitrogens with one attached hydrogen (secondary N) is 1. The Morgan fingerprint density at radius 1 is 0.944 bits per heavy atom. The smallest absolute Gasteiger partial charge is 0.388 e. The highest BCUT2D eigenvalue weighted by Gasteiger charge is 2.49. The van der Waals surface area contributed by atoms with Crippen LogP contribution in [0, 0.1) is 0 Å². The van der Waals surface area contributed by atoms with E-state index in [1.165, 1.54) is 0 Å². The molecule has 0 bridgehead atoms. The van der Waals surface area contributed by atoms with E-state index in [2.05, 4.69) is 13.4 Å². The van der Waals surface area contributed by atoms with Crippen LogP contribution in [0.1, 0.15) is 6.23 Å². The predicted molar refractivity (Wildman–Crippen MR) is 111 cm³/mol. The van der Waals surface area contributed by atoms with Crippen molar-refractivity contribution in [3.8, 4) is 0 Å². The van der Waals surface area contributed by atoms with Gasteiger partial charge < -0.3 is 50.5 Å². The van der Waals surface area contributed by atoms with E-state index in [0.29, 0.717) is 0 Å². The maximum Gasteiger partial charge on any atom is 0.483 e. The molecule has 21 heteroatoms. The molecule has 3 heterocycles. The molecule has 2 aliphatic rings. The SMILES string of the molecule is NC[C@H]1O[C@H](OP(=O)(O)OP(=O)(O)OC[C@H]2O[C@@H](n3ccc(=O)[nH]c3=O)[C@H](O)[C@@H]2O)[C@H](O)[C@@H](O)[C@H]1O. The van der Waals surface area contributed by atoms with Gasteiger partial charge in [-0.2, -0.15) is 4.31 Å². The lowest BCUT2D eigenvalue weighted by Crippen LogP contribution is -2.59. The van der Waals surface area contributed by atoms with Crippen molar-refractivity contribution in [2.24, 2.45) is 5.73 Å². The minimum atomic E-state index is -5.55.